The van der Waals surface area contributed by atoms with E-state index in [0.29, 0.717) is 16.7 Å². The molecule has 1 atom stereocenters. The van der Waals surface area contributed by atoms with E-state index >= 15 is 0 Å². The number of halogens is 1. The van der Waals surface area contributed by atoms with Gasteiger partial charge >= 0.3 is 0 Å². The molecule has 3 aromatic rings. The first-order valence-corrected chi connectivity index (χ1v) is 12.7. The number of aryl methyl sites for hydroxylation is 2. The van der Waals surface area contributed by atoms with Gasteiger partial charge in [-0.15, -0.1) is 0 Å². The molecule has 1 aliphatic rings. The van der Waals surface area contributed by atoms with Crippen molar-refractivity contribution in [3.8, 4) is 0 Å². The Morgan fingerprint density at radius 2 is 1.49 bits per heavy atom. The highest BCUT2D eigenvalue weighted by molar-refractivity contribution is 7.89. The number of nitrogens with zero attached hydrogens (tertiary/aromatic N) is 2. The van der Waals surface area contributed by atoms with Crippen molar-refractivity contribution in [2.45, 2.75) is 51.6 Å². The Morgan fingerprint density at radius 3 is 2.06 bits per heavy atom. The van der Waals surface area contributed by atoms with Crippen LogP contribution >= 0.6 is 0 Å². The van der Waals surface area contributed by atoms with E-state index in [9.17, 15) is 22.4 Å². The van der Waals surface area contributed by atoms with Crippen molar-refractivity contribution in [3.05, 3.63) is 94.3 Å². The maximum Gasteiger partial charge on any atom is 0.252 e. The zero-order valence-corrected chi connectivity index (χ0v) is 20.9. The minimum Gasteiger partial charge on any atom is -0.274 e. The molecule has 0 saturated carbocycles. The molecule has 0 aliphatic carbocycles. The molecule has 0 spiro atoms. The summed E-state index contributed by atoms with van der Waals surface area (Å²) < 4.78 is 43.0. The molecule has 1 fully saturated rings. The summed E-state index contributed by atoms with van der Waals surface area (Å²) in [5.74, 6) is -1.69. The van der Waals surface area contributed by atoms with Gasteiger partial charge in [-0.2, -0.15) is 4.31 Å². The first-order valence-electron chi connectivity index (χ1n) is 11.3. The summed E-state index contributed by atoms with van der Waals surface area (Å²) in [6, 6.07) is 14.7. The maximum atomic E-state index is 14.2. The quantitative estimate of drug-likeness (QED) is 0.470. The van der Waals surface area contributed by atoms with Crippen LogP contribution in [0.15, 0.2) is 65.6 Å². The van der Waals surface area contributed by atoms with Gasteiger partial charge in [0.15, 0.2) is 0 Å². The van der Waals surface area contributed by atoms with Crippen LogP contribution in [0.1, 0.15) is 34.2 Å². The van der Waals surface area contributed by atoms with Gasteiger partial charge in [0, 0.05) is 6.54 Å². The molecular formula is C27H27FN2O4S. The van der Waals surface area contributed by atoms with Crippen molar-refractivity contribution in [3.63, 3.8) is 0 Å². The molecule has 182 valence electrons. The fraction of sp³-hybridized carbons (Fsp3) is 0.259. The topological polar surface area (TPSA) is 74.8 Å². The predicted molar refractivity (Wildman–Crippen MR) is 132 cm³/mol. The molecule has 0 radical (unpaired) electrons. The zero-order chi connectivity index (χ0) is 25.5. The molecule has 1 aliphatic heterocycles. The van der Waals surface area contributed by atoms with E-state index in [-0.39, 0.29) is 23.5 Å². The summed E-state index contributed by atoms with van der Waals surface area (Å²) in [6.45, 7) is 7.13. The molecule has 0 bridgehead atoms. The van der Waals surface area contributed by atoms with Crippen LogP contribution in [-0.4, -0.2) is 30.6 Å². The van der Waals surface area contributed by atoms with Gasteiger partial charge in [0.2, 0.25) is 15.9 Å². The highest BCUT2D eigenvalue weighted by Crippen LogP contribution is 2.34. The fourth-order valence-electron chi connectivity index (χ4n) is 4.51. The summed E-state index contributed by atoms with van der Waals surface area (Å²) in [5, 5.41) is 0. The average molecular weight is 495 g/mol. The molecule has 6 nitrogen and oxygen atoms in total. The Hall–Kier alpha value is -3.36. The van der Waals surface area contributed by atoms with Crippen LogP contribution in [0.2, 0.25) is 0 Å². The number of hydrogen-bond acceptors (Lipinski definition) is 4. The Kier molecular flexibility index (Phi) is 6.62. The minimum absolute atomic E-state index is 0.0734. The van der Waals surface area contributed by atoms with E-state index in [2.05, 4.69) is 0 Å². The summed E-state index contributed by atoms with van der Waals surface area (Å²) >= 11 is 0. The fourth-order valence-corrected chi connectivity index (χ4v) is 6.66. The van der Waals surface area contributed by atoms with Crippen LogP contribution in [0.4, 0.5) is 10.1 Å². The van der Waals surface area contributed by atoms with E-state index in [1.54, 1.807) is 38.1 Å². The molecule has 3 aromatic carbocycles. The van der Waals surface area contributed by atoms with Crippen molar-refractivity contribution < 1.29 is 22.4 Å². The number of rotatable bonds is 6. The van der Waals surface area contributed by atoms with Gasteiger partial charge in [0.05, 0.1) is 17.0 Å². The minimum atomic E-state index is -4.18. The Morgan fingerprint density at radius 1 is 0.914 bits per heavy atom. The van der Waals surface area contributed by atoms with E-state index < -0.39 is 33.7 Å². The molecular weight excluding hydrogens is 467 g/mol. The van der Waals surface area contributed by atoms with E-state index in [1.165, 1.54) is 12.1 Å². The lowest BCUT2D eigenvalue weighted by molar-refractivity contribution is -0.122. The second-order valence-electron chi connectivity index (χ2n) is 8.89. The van der Waals surface area contributed by atoms with Gasteiger partial charge in [-0.05, 0) is 79.8 Å². The molecule has 4 rings (SSSR count). The standard InChI is InChI=1S/C27H27FN2O4S/c1-17-14-18(2)20(4)26(19(17)3)35(33,34)29(16-21-8-6-5-7-9-21)24-15-25(31)30(27(24)32)23-12-10-22(28)11-13-23/h5-14,24H,15-16H2,1-4H3. The lowest BCUT2D eigenvalue weighted by atomic mass is 10.0. The Bertz CT molecular complexity index is 1380. The number of benzene rings is 3. The number of sulfonamides is 1. The molecule has 2 amide bonds. The van der Waals surface area contributed by atoms with Crippen LogP contribution in [0.5, 0.6) is 0 Å². The number of hydrogen-bond donors (Lipinski definition) is 0. The van der Waals surface area contributed by atoms with Gasteiger partial charge in [0.1, 0.15) is 11.9 Å². The van der Waals surface area contributed by atoms with Gasteiger partial charge in [-0.25, -0.2) is 17.7 Å². The highest BCUT2D eigenvalue weighted by atomic mass is 32.2. The van der Waals surface area contributed by atoms with E-state index in [4.69, 9.17) is 0 Å². The maximum absolute atomic E-state index is 14.2. The third-order valence-corrected chi connectivity index (χ3v) is 8.73. The van der Waals surface area contributed by atoms with Crippen molar-refractivity contribution in [2.75, 3.05) is 4.90 Å². The number of anilines is 1. The largest absolute Gasteiger partial charge is 0.274 e. The predicted octanol–water partition coefficient (Wildman–Crippen LogP) is 4.58. The van der Waals surface area contributed by atoms with E-state index in [0.717, 1.165) is 32.5 Å². The number of carbonyl (C=O) groups is 2. The molecule has 8 heteroatoms. The van der Waals surface area contributed by atoms with E-state index in [1.807, 2.05) is 26.0 Å². The Balaban J connectivity index is 1.84. The van der Waals surface area contributed by atoms with Crippen molar-refractivity contribution in [2.24, 2.45) is 0 Å². The zero-order valence-electron chi connectivity index (χ0n) is 20.1. The lowest BCUT2D eigenvalue weighted by Crippen LogP contribution is -2.45. The summed E-state index contributed by atoms with van der Waals surface area (Å²) in [5.41, 5.74) is 3.77. The summed E-state index contributed by atoms with van der Waals surface area (Å²) in [6.07, 6.45) is -0.300. The SMILES string of the molecule is Cc1cc(C)c(C)c(S(=O)(=O)N(Cc2ccccc2)C2CC(=O)N(c3ccc(F)cc3)C2=O)c1C. The van der Waals surface area contributed by atoms with Crippen LogP contribution < -0.4 is 4.90 Å². The molecule has 0 aromatic heterocycles. The van der Waals surface area contributed by atoms with Crippen molar-refractivity contribution >= 4 is 27.5 Å². The molecule has 0 N–H and O–H groups in total. The van der Waals surface area contributed by atoms with Crippen LogP contribution in [-0.2, 0) is 26.2 Å². The molecule has 35 heavy (non-hydrogen) atoms. The summed E-state index contributed by atoms with van der Waals surface area (Å²) in [4.78, 5) is 27.6. The van der Waals surface area contributed by atoms with Crippen LogP contribution in [0.25, 0.3) is 0 Å². The van der Waals surface area contributed by atoms with Crippen LogP contribution in [0, 0.1) is 33.5 Å². The van der Waals surface area contributed by atoms with Gasteiger partial charge in [0.25, 0.3) is 5.91 Å². The third-order valence-electron chi connectivity index (χ3n) is 6.60. The van der Waals surface area contributed by atoms with Gasteiger partial charge < -0.3 is 0 Å². The smallest absolute Gasteiger partial charge is 0.252 e. The van der Waals surface area contributed by atoms with Crippen molar-refractivity contribution in [1.82, 2.24) is 4.31 Å². The summed E-state index contributed by atoms with van der Waals surface area (Å²) in [7, 11) is -4.18. The number of amides is 2. The average Bonchev–Trinajstić information content (AvgIpc) is 3.10. The van der Waals surface area contributed by atoms with Crippen molar-refractivity contribution in [1.29, 1.82) is 0 Å². The van der Waals surface area contributed by atoms with Gasteiger partial charge in [-0.1, -0.05) is 36.4 Å². The lowest BCUT2D eigenvalue weighted by Gasteiger charge is -2.29. The molecule has 1 heterocycles. The third kappa shape index (κ3) is 4.51. The highest BCUT2D eigenvalue weighted by Gasteiger charge is 2.47. The molecule has 1 saturated heterocycles. The molecule has 1 unspecified atom stereocenters. The second-order valence-corrected chi connectivity index (χ2v) is 10.7. The second kappa shape index (κ2) is 9.36. The normalized spacial score (nSPS) is 16.4. The monoisotopic (exact) mass is 494 g/mol. The number of carbonyl (C=O) groups excluding carboxylic acids is 2. The number of imide groups is 1. The first-order chi connectivity index (χ1) is 16.5. The van der Waals surface area contributed by atoms with Gasteiger partial charge in [-0.3, -0.25) is 9.59 Å². The van der Waals surface area contributed by atoms with Crippen LogP contribution in [0.3, 0.4) is 0 Å². The first kappa shape index (κ1) is 24.8. The Labute approximate surface area is 205 Å².